The number of anilines is 1. The van der Waals surface area contributed by atoms with Crippen molar-refractivity contribution in [3.8, 4) is 0 Å². The van der Waals surface area contributed by atoms with Gasteiger partial charge in [-0.15, -0.1) is 0 Å². The third kappa shape index (κ3) is 7.13. The third-order valence-electron chi connectivity index (χ3n) is 5.70. The van der Waals surface area contributed by atoms with Gasteiger partial charge >= 0.3 is 5.97 Å². The van der Waals surface area contributed by atoms with Crippen LogP contribution in [-0.2, 0) is 16.0 Å². The number of carboxylic acid groups (broad SMARTS) is 1. The summed E-state index contributed by atoms with van der Waals surface area (Å²) >= 11 is 0. The Bertz CT molecular complexity index is 1220. The van der Waals surface area contributed by atoms with Crippen molar-refractivity contribution in [2.45, 2.75) is 51.9 Å². The Balaban J connectivity index is 1.62. The normalized spacial score (nSPS) is 12.1. The van der Waals surface area contributed by atoms with Crippen LogP contribution in [-0.4, -0.2) is 27.2 Å². The van der Waals surface area contributed by atoms with Crippen molar-refractivity contribution in [2.75, 3.05) is 5.32 Å². The van der Waals surface area contributed by atoms with Gasteiger partial charge in [-0.2, -0.15) is 5.10 Å². The second-order valence-corrected chi connectivity index (χ2v) is 8.41. The Hall–Kier alpha value is -3.74. The molecular formula is C27H31N3O4. The summed E-state index contributed by atoms with van der Waals surface area (Å²) in [5.41, 5.74) is 2.00. The number of nitrogens with zero attached hydrogens (tertiary/aromatic N) is 1. The fourth-order valence-electron chi connectivity index (χ4n) is 3.86. The van der Waals surface area contributed by atoms with Crippen molar-refractivity contribution in [1.29, 1.82) is 0 Å². The first-order valence-electron chi connectivity index (χ1n) is 11.7. The van der Waals surface area contributed by atoms with E-state index in [1.807, 2.05) is 48.6 Å². The molecule has 1 aromatic heterocycles. The van der Waals surface area contributed by atoms with Crippen molar-refractivity contribution in [3.63, 3.8) is 0 Å². The number of benzene rings is 2. The summed E-state index contributed by atoms with van der Waals surface area (Å²) in [4.78, 5) is 36.1. The molecule has 0 saturated heterocycles. The highest BCUT2D eigenvalue weighted by Crippen LogP contribution is 2.19. The van der Waals surface area contributed by atoms with Gasteiger partial charge < -0.3 is 10.4 Å². The number of aromatic nitrogens is 2. The summed E-state index contributed by atoms with van der Waals surface area (Å²) in [6, 6.07) is 14.6. The van der Waals surface area contributed by atoms with Gasteiger partial charge in [-0.05, 0) is 43.0 Å². The number of H-pyrrole nitrogens is 1. The number of unbranched alkanes of at least 4 members (excludes halogenated alkanes) is 3. The average molecular weight is 462 g/mol. The zero-order valence-electron chi connectivity index (χ0n) is 19.4. The molecule has 3 aromatic rings. The van der Waals surface area contributed by atoms with Crippen molar-refractivity contribution < 1.29 is 14.7 Å². The van der Waals surface area contributed by atoms with Gasteiger partial charge in [-0.25, -0.2) is 5.10 Å². The second kappa shape index (κ2) is 12.5. The predicted molar refractivity (Wildman–Crippen MR) is 134 cm³/mol. The van der Waals surface area contributed by atoms with Crippen LogP contribution in [0.1, 0.15) is 56.7 Å². The van der Waals surface area contributed by atoms with Crippen LogP contribution in [0.5, 0.6) is 0 Å². The first kappa shape index (κ1) is 24.9. The van der Waals surface area contributed by atoms with Gasteiger partial charge in [0.15, 0.2) is 0 Å². The van der Waals surface area contributed by atoms with Gasteiger partial charge in [0.25, 0.3) is 5.56 Å². The summed E-state index contributed by atoms with van der Waals surface area (Å²) in [7, 11) is 0. The summed E-state index contributed by atoms with van der Waals surface area (Å²) in [5.74, 6) is -2.07. The zero-order chi connectivity index (χ0) is 24.3. The highest BCUT2D eigenvalue weighted by molar-refractivity contribution is 5.93. The topological polar surface area (TPSA) is 112 Å². The van der Waals surface area contributed by atoms with E-state index in [1.54, 1.807) is 12.1 Å². The summed E-state index contributed by atoms with van der Waals surface area (Å²) in [6.07, 6.45) is 8.90. The number of amides is 1. The quantitative estimate of drug-likeness (QED) is 0.257. The number of carbonyl (C=O) groups is 2. The highest BCUT2D eigenvalue weighted by Gasteiger charge is 2.20. The average Bonchev–Trinajstić information content (AvgIpc) is 2.82. The Morgan fingerprint density at radius 1 is 1.09 bits per heavy atom. The molecule has 178 valence electrons. The SMILES string of the molecule is CCCCC/C=C/CC(CC(=O)Nc1cccc(Cc2n[nH]c(=O)c3ccccc23)c1)C(=O)O. The molecule has 0 bridgehead atoms. The van der Waals surface area contributed by atoms with E-state index in [0.29, 0.717) is 23.9 Å². The molecule has 0 fully saturated rings. The number of rotatable bonds is 12. The number of hydrogen-bond acceptors (Lipinski definition) is 4. The van der Waals surface area contributed by atoms with Crippen LogP contribution in [0.2, 0.25) is 0 Å². The van der Waals surface area contributed by atoms with Crippen LogP contribution < -0.4 is 10.9 Å². The summed E-state index contributed by atoms with van der Waals surface area (Å²) < 4.78 is 0. The maximum Gasteiger partial charge on any atom is 0.307 e. The van der Waals surface area contributed by atoms with E-state index in [1.165, 1.54) is 0 Å². The van der Waals surface area contributed by atoms with Crippen molar-refractivity contribution in [3.05, 3.63) is 82.3 Å². The molecule has 3 rings (SSSR count). The predicted octanol–water partition coefficient (Wildman–Crippen LogP) is 5.07. The molecule has 0 aliphatic heterocycles. The highest BCUT2D eigenvalue weighted by atomic mass is 16.4. The molecule has 0 saturated carbocycles. The number of allylic oxidation sites excluding steroid dienone is 2. The van der Waals surface area contributed by atoms with Crippen LogP contribution in [0, 0.1) is 5.92 Å². The van der Waals surface area contributed by atoms with Crippen LogP contribution in [0.25, 0.3) is 10.8 Å². The molecule has 34 heavy (non-hydrogen) atoms. The number of carboxylic acids is 1. The number of nitrogens with one attached hydrogen (secondary N) is 2. The van der Waals surface area contributed by atoms with E-state index in [9.17, 15) is 19.5 Å². The fraction of sp³-hybridized carbons (Fsp3) is 0.333. The minimum absolute atomic E-state index is 0.0923. The molecule has 3 N–H and O–H groups in total. The molecule has 7 nitrogen and oxygen atoms in total. The lowest BCUT2D eigenvalue weighted by Gasteiger charge is -2.12. The molecule has 0 radical (unpaired) electrons. The smallest absolute Gasteiger partial charge is 0.307 e. The molecule has 1 unspecified atom stereocenters. The molecule has 1 amide bonds. The van der Waals surface area contributed by atoms with Gasteiger partial charge in [0.05, 0.1) is 17.0 Å². The Morgan fingerprint density at radius 3 is 2.65 bits per heavy atom. The molecule has 1 heterocycles. The number of hydrogen-bond donors (Lipinski definition) is 3. The van der Waals surface area contributed by atoms with Crippen molar-refractivity contribution in [1.82, 2.24) is 10.2 Å². The monoisotopic (exact) mass is 461 g/mol. The number of carbonyl (C=O) groups excluding carboxylic acids is 1. The molecular weight excluding hydrogens is 430 g/mol. The van der Waals surface area contributed by atoms with Crippen LogP contribution in [0.15, 0.2) is 65.5 Å². The van der Waals surface area contributed by atoms with Crippen molar-refractivity contribution in [2.24, 2.45) is 5.92 Å². The van der Waals surface area contributed by atoms with Crippen LogP contribution >= 0.6 is 0 Å². The first-order valence-corrected chi connectivity index (χ1v) is 11.7. The van der Waals surface area contributed by atoms with E-state index in [-0.39, 0.29) is 17.9 Å². The summed E-state index contributed by atoms with van der Waals surface area (Å²) in [6.45, 7) is 2.14. The number of aromatic amines is 1. The Kier molecular flexibility index (Phi) is 9.14. The lowest BCUT2D eigenvalue weighted by atomic mass is 10.00. The molecule has 1 atom stereocenters. The van der Waals surface area contributed by atoms with E-state index in [0.717, 1.165) is 42.3 Å². The van der Waals surface area contributed by atoms with E-state index in [4.69, 9.17) is 0 Å². The lowest BCUT2D eigenvalue weighted by molar-refractivity contribution is -0.143. The number of aliphatic carboxylic acids is 1. The van der Waals surface area contributed by atoms with Gasteiger partial charge in [0.1, 0.15) is 0 Å². The zero-order valence-corrected chi connectivity index (χ0v) is 19.4. The lowest BCUT2D eigenvalue weighted by Crippen LogP contribution is -2.22. The van der Waals surface area contributed by atoms with E-state index >= 15 is 0 Å². The first-order chi connectivity index (χ1) is 16.5. The van der Waals surface area contributed by atoms with Gasteiger partial charge in [0, 0.05) is 23.9 Å². The third-order valence-corrected chi connectivity index (χ3v) is 5.70. The molecule has 2 aromatic carbocycles. The van der Waals surface area contributed by atoms with Crippen molar-refractivity contribution >= 4 is 28.3 Å². The Morgan fingerprint density at radius 2 is 1.88 bits per heavy atom. The van der Waals surface area contributed by atoms with Gasteiger partial charge in [-0.1, -0.05) is 62.2 Å². The minimum atomic E-state index is -0.974. The summed E-state index contributed by atoms with van der Waals surface area (Å²) in [5, 5.41) is 20.4. The number of fused-ring (bicyclic) bond motifs is 1. The molecule has 0 aliphatic carbocycles. The molecule has 0 spiro atoms. The second-order valence-electron chi connectivity index (χ2n) is 8.41. The largest absolute Gasteiger partial charge is 0.481 e. The molecule has 7 heteroatoms. The maximum absolute atomic E-state index is 12.5. The standard InChI is InChI=1S/C27H31N3O4/c1-2-3-4-5-6-7-12-20(27(33)34)18-25(31)28-21-13-10-11-19(16-21)17-24-22-14-8-9-15-23(22)26(32)30-29-24/h6-11,13-16,20H,2-5,12,17-18H2,1H3,(H,28,31)(H,30,32)(H,33,34)/b7-6+. The van der Waals surface area contributed by atoms with E-state index < -0.39 is 11.9 Å². The fourth-order valence-corrected chi connectivity index (χ4v) is 3.86. The van der Waals surface area contributed by atoms with Gasteiger partial charge in [-0.3, -0.25) is 14.4 Å². The Labute approximate surface area is 198 Å². The molecule has 0 aliphatic rings. The van der Waals surface area contributed by atoms with Crippen LogP contribution in [0.4, 0.5) is 5.69 Å². The maximum atomic E-state index is 12.5. The van der Waals surface area contributed by atoms with Gasteiger partial charge in [0.2, 0.25) is 5.91 Å². The van der Waals surface area contributed by atoms with E-state index in [2.05, 4.69) is 22.4 Å². The minimum Gasteiger partial charge on any atom is -0.481 e. The van der Waals surface area contributed by atoms with Crippen LogP contribution in [0.3, 0.4) is 0 Å².